The highest BCUT2D eigenvalue weighted by atomic mass is 15.2. The summed E-state index contributed by atoms with van der Waals surface area (Å²) in [4.78, 5) is 2.78. The zero-order chi connectivity index (χ0) is 14.2. The second kappa shape index (κ2) is 5.66. The van der Waals surface area contributed by atoms with Crippen LogP contribution in [0.3, 0.4) is 0 Å². The highest BCUT2D eigenvalue weighted by molar-refractivity contribution is 5.12. The van der Waals surface area contributed by atoms with Gasteiger partial charge in [0.25, 0.3) is 0 Å². The van der Waals surface area contributed by atoms with E-state index in [1.165, 1.54) is 45.1 Å². The van der Waals surface area contributed by atoms with Crippen molar-refractivity contribution in [2.24, 2.45) is 5.92 Å². The van der Waals surface area contributed by atoms with Gasteiger partial charge >= 0.3 is 0 Å². The Morgan fingerprint density at radius 1 is 1.20 bits per heavy atom. The molecule has 3 fully saturated rings. The highest BCUT2D eigenvalue weighted by Gasteiger charge is 2.43. The molecule has 0 aliphatic heterocycles. The summed E-state index contributed by atoms with van der Waals surface area (Å²) >= 11 is 0. The van der Waals surface area contributed by atoms with E-state index in [0.717, 1.165) is 24.8 Å². The third-order valence-electron chi connectivity index (χ3n) is 5.15. The average Bonchev–Trinajstić information content (AvgIpc) is 3.27. The van der Waals surface area contributed by atoms with Crippen molar-refractivity contribution in [3.63, 3.8) is 0 Å². The number of nitrogens with zero attached hydrogens (tertiary/aromatic N) is 2. The summed E-state index contributed by atoms with van der Waals surface area (Å²) in [5.74, 6) is 0.965. The second-order valence-electron chi connectivity index (χ2n) is 7.61. The molecule has 20 heavy (non-hydrogen) atoms. The molecule has 3 saturated carbocycles. The molecule has 0 heterocycles. The van der Waals surface area contributed by atoms with E-state index in [1.54, 1.807) is 0 Å². The van der Waals surface area contributed by atoms with E-state index in [0.29, 0.717) is 12.1 Å². The molecule has 3 aliphatic carbocycles. The molecule has 0 radical (unpaired) electrons. The quantitative estimate of drug-likeness (QED) is 0.809. The van der Waals surface area contributed by atoms with Crippen LogP contribution in [0.2, 0.25) is 0 Å². The summed E-state index contributed by atoms with van der Waals surface area (Å²) in [6, 6.07) is 4.50. The van der Waals surface area contributed by atoms with E-state index >= 15 is 0 Å². The zero-order valence-electron chi connectivity index (χ0n) is 13.1. The van der Waals surface area contributed by atoms with Crippen LogP contribution in [0.5, 0.6) is 0 Å². The molecule has 2 atom stereocenters. The van der Waals surface area contributed by atoms with Gasteiger partial charge in [0.1, 0.15) is 5.54 Å². The summed E-state index contributed by atoms with van der Waals surface area (Å²) in [6.07, 6.45) is 10.2. The SMILES string of the molecule is CC(C)NC1(C#N)CCCC(N(CC2CC2)C2CC2)C1. The van der Waals surface area contributed by atoms with Crippen LogP contribution in [0.25, 0.3) is 0 Å². The van der Waals surface area contributed by atoms with Crippen LogP contribution in [0.15, 0.2) is 0 Å². The van der Waals surface area contributed by atoms with Crippen LogP contribution in [0, 0.1) is 17.2 Å². The van der Waals surface area contributed by atoms with Gasteiger partial charge in [-0.05, 0) is 71.1 Å². The van der Waals surface area contributed by atoms with Crippen LogP contribution in [-0.4, -0.2) is 35.1 Å². The molecule has 0 saturated heterocycles. The highest BCUT2D eigenvalue weighted by Crippen LogP contribution is 2.40. The normalized spacial score (nSPS) is 34.5. The summed E-state index contributed by atoms with van der Waals surface area (Å²) in [5.41, 5.74) is -0.270. The van der Waals surface area contributed by atoms with Gasteiger partial charge in [-0.15, -0.1) is 0 Å². The predicted molar refractivity (Wildman–Crippen MR) is 81.3 cm³/mol. The Bertz CT molecular complexity index is 378. The summed E-state index contributed by atoms with van der Waals surface area (Å²) in [7, 11) is 0. The lowest BCUT2D eigenvalue weighted by atomic mass is 9.78. The van der Waals surface area contributed by atoms with Crippen LogP contribution >= 0.6 is 0 Å². The molecule has 0 aromatic heterocycles. The van der Waals surface area contributed by atoms with E-state index in [2.05, 4.69) is 30.1 Å². The van der Waals surface area contributed by atoms with Crippen molar-refractivity contribution in [1.29, 1.82) is 5.26 Å². The smallest absolute Gasteiger partial charge is 0.108 e. The first-order valence-electron chi connectivity index (χ1n) is 8.56. The van der Waals surface area contributed by atoms with E-state index in [9.17, 15) is 5.26 Å². The van der Waals surface area contributed by atoms with Crippen LogP contribution < -0.4 is 5.32 Å². The van der Waals surface area contributed by atoms with Gasteiger partial charge in [0.05, 0.1) is 6.07 Å². The van der Waals surface area contributed by atoms with Crippen LogP contribution in [-0.2, 0) is 0 Å². The maximum absolute atomic E-state index is 9.71. The molecule has 0 aromatic rings. The Hall–Kier alpha value is -0.590. The lowest BCUT2D eigenvalue weighted by Crippen LogP contribution is -2.55. The van der Waals surface area contributed by atoms with Crippen LogP contribution in [0.4, 0.5) is 0 Å². The number of nitriles is 1. The first-order valence-corrected chi connectivity index (χ1v) is 8.56. The largest absolute Gasteiger partial charge is 0.297 e. The molecule has 2 unspecified atom stereocenters. The average molecular weight is 275 g/mol. The first kappa shape index (κ1) is 14.4. The molecule has 3 aliphatic rings. The molecule has 3 heteroatoms. The summed E-state index contributed by atoms with van der Waals surface area (Å²) in [5, 5.41) is 13.3. The van der Waals surface area contributed by atoms with Gasteiger partial charge in [-0.3, -0.25) is 10.2 Å². The molecular formula is C17H29N3. The Labute approximate surface area is 123 Å². The lowest BCUT2D eigenvalue weighted by molar-refractivity contribution is 0.105. The minimum atomic E-state index is -0.270. The topological polar surface area (TPSA) is 39.1 Å². The maximum Gasteiger partial charge on any atom is 0.108 e. The molecule has 0 amide bonds. The van der Waals surface area contributed by atoms with Gasteiger partial charge in [-0.1, -0.05) is 0 Å². The van der Waals surface area contributed by atoms with Crippen molar-refractivity contribution in [2.45, 2.75) is 88.9 Å². The molecule has 3 nitrogen and oxygen atoms in total. The number of nitrogens with one attached hydrogen (secondary N) is 1. The lowest BCUT2D eigenvalue weighted by Gasteiger charge is -2.43. The third-order valence-corrected chi connectivity index (χ3v) is 5.15. The van der Waals surface area contributed by atoms with Crippen molar-refractivity contribution < 1.29 is 0 Å². The first-order chi connectivity index (χ1) is 9.62. The monoisotopic (exact) mass is 275 g/mol. The number of hydrogen-bond donors (Lipinski definition) is 1. The fraction of sp³-hybridized carbons (Fsp3) is 0.941. The van der Waals surface area contributed by atoms with Crippen molar-refractivity contribution in [3.8, 4) is 6.07 Å². The van der Waals surface area contributed by atoms with Gasteiger partial charge in [0, 0.05) is 24.7 Å². The van der Waals surface area contributed by atoms with Crippen molar-refractivity contribution in [1.82, 2.24) is 10.2 Å². The molecule has 112 valence electrons. The van der Waals surface area contributed by atoms with Crippen molar-refractivity contribution in [2.75, 3.05) is 6.54 Å². The van der Waals surface area contributed by atoms with E-state index in [-0.39, 0.29) is 5.54 Å². The minimum Gasteiger partial charge on any atom is -0.297 e. The van der Waals surface area contributed by atoms with Gasteiger partial charge in [0.2, 0.25) is 0 Å². The molecular weight excluding hydrogens is 246 g/mol. The predicted octanol–water partition coefficient (Wildman–Crippen LogP) is 3.06. The zero-order valence-corrected chi connectivity index (χ0v) is 13.1. The van der Waals surface area contributed by atoms with Crippen molar-refractivity contribution in [3.05, 3.63) is 0 Å². The molecule has 0 bridgehead atoms. The molecule has 1 N–H and O–H groups in total. The van der Waals surface area contributed by atoms with E-state index < -0.39 is 0 Å². The molecule has 3 rings (SSSR count). The fourth-order valence-electron chi connectivity index (χ4n) is 3.95. The summed E-state index contributed by atoms with van der Waals surface area (Å²) < 4.78 is 0. The van der Waals surface area contributed by atoms with E-state index in [4.69, 9.17) is 0 Å². The number of rotatable bonds is 6. The Morgan fingerprint density at radius 3 is 2.50 bits per heavy atom. The molecule has 0 aromatic carbocycles. The van der Waals surface area contributed by atoms with Gasteiger partial charge in [-0.2, -0.15) is 5.26 Å². The second-order valence-corrected chi connectivity index (χ2v) is 7.61. The van der Waals surface area contributed by atoms with Gasteiger partial charge in [0.15, 0.2) is 0 Å². The molecule has 0 spiro atoms. The van der Waals surface area contributed by atoms with Crippen LogP contribution in [0.1, 0.15) is 65.2 Å². The third kappa shape index (κ3) is 3.35. The Morgan fingerprint density at radius 2 is 1.95 bits per heavy atom. The minimum absolute atomic E-state index is 0.270. The Balaban J connectivity index is 1.67. The summed E-state index contributed by atoms with van der Waals surface area (Å²) in [6.45, 7) is 5.62. The van der Waals surface area contributed by atoms with Gasteiger partial charge < -0.3 is 0 Å². The van der Waals surface area contributed by atoms with Crippen molar-refractivity contribution >= 4 is 0 Å². The maximum atomic E-state index is 9.71. The van der Waals surface area contributed by atoms with E-state index in [1.807, 2.05) is 0 Å². The standard InChI is InChI=1S/C17H29N3/c1-13(2)19-17(12-18)9-3-4-16(10-17)20(15-7-8-15)11-14-5-6-14/h13-16,19H,3-11H2,1-2H3. The number of hydrogen-bond acceptors (Lipinski definition) is 3. The Kier molecular flexibility index (Phi) is 4.06. The fourth-order valence-corrected chi connectivity index (χ4v) is 3.95. The van der Waals surface area contributed by atoms with Gasteiger partial charge in [-0.25, -0.2) is 0 Å².